The Morgan fingerprint density at radius 3 is 2.88 bits per heavy atom. The summed E-state index contributed by atoms with van der Waals surface area (Å²) in [6, 6.07) is 8.94. The van der Waals surface area contributed by atoms with Crippen LogP contribution in [0.2, 0.25) is 0 Å². The van der Waals surface area contributed by atoms with Crippen LogP contribution in [0.1, 0.15) is 30.1 Å². The smallest absolute Gasteiger partial charge is 0.431 e. The van der Waals surface area contributed by atoms with Crippen molar-refractivity contribution in [2.45, 2.75) is 43.2 Å². The highest BCUT2D eigenvalue weighted by Crippen LogP contribution is 2.41. The molecule has 6 rings (SSSR count). The van der Waals surface area contributed by atoms with Crippen molar-refractivity contribution < 1.29 is 22.6 Å². The van der Waals surface area contributed by atoms with E-state index >= 15 is 0 Å². The second-order valence-corrected chi connectivity index (χ2v) is 8.50. The molecule has 0 aliphatic carbocycles. The highest BCUT2D eigenvalue weighted by Gasteiger charge is 2.46. The number of halogens is 3. The number of aromatic nitrogens is 3. The predicted octanol–water partition coefficient (Wildman–Crippen LogP) is 3.75. The Labute approximate surface area is 181 Å². The molecule has 0 bridgehead atoms. The zero-order valence-corrected chi connectivity index (χ0v) is 17.1. The molecule has 2 aromatic heterocycles. The average molecular weight is 445 g/mol. The maximum Gasteiger partial charge on any atom is 0.431 e. The van der Waals surface area contributed by atoms with E-state index in [1.54, 1.807) is 0 Å². The normalized spacial score (nSPS) is 27.8. The summed E-state index contributed by atoms with van der Waals surface area (Å²) in [6.45, 7) is 2.13. The van der Waals surface area contributed by atoms with E-state index in [-0.39, 0.29) is 23.8 Å². The number of ether oxygens (including phenoxy) is 2. The summed E-state index contributed by atoms with van der Waals surface area (Å²) >= 11 is 0. The molecule has 3 aliphatic rings. The van der Waals surface area contributed by atoms with Crippen molar-refractivity contribution in [3.8, 4) is 5.75 Å². The number of H-pyrrole nitrogens is 1. The first kappa shape index (κ1) is 19.8. The number of nitrogens with one attached hydrogen (secondary N) is 2. The van der Waals surface area contributed by atoms with E-state index in [0.717, 1.165) is 43.4 Å². The van der Waals surface area contributed by atoms with E-state index < -0.39 is 11.9 Å². The van der Waals surface area contributed by atoms with E-state index in [1.165, 1.54) is 6.33 Å². The van der Waals surface area contributed by atoms with Gasteiger partial charge in [-0.2, -0.15) is 13.2 Å². The largest absolute Gasteiger partial charge is 0.491 e. The third kappa shape index (κ3) is 3.20. The van der Waals surface area contributed by atoms with Gasteiger partial charge in [0, 0.05) is 24.8 Å². The summed E-state index contributed by atoms with van der Waals surface area (Å²) in [5, 5.41) is 3.76. The molecule has 0 radical (unpaired) electrons. The van der Waals surface area contributed by atoms with Gasteiger partial charge >= 0.3 is 6.18 Å². The number of para-hydroxylation sites is 1. The Morgan fingerprint density at radius 2 is 2.00 bits per heavy atom. The molecule has 3 aliphatic heterocycles. The van der Waals surface area contributed by atoms with Crippen LogP contribution in [0.4, 0.5) is 19.0 Å². The number of anilines is 1. The van der Waals surface area contributed by atoms with Gasteiger partial charge in [0.15, 0.2) is 0 Å². The van der Waals surface area contributed by atoms with Crippen molar-refractivity contribution in [1.29, 1.82) is 0 Å². The summed E-state index contributed by atoms with van der Waals surface area (Å²) in [7, 11) is 0. The summed E-state index contributed by atoms with van der Waals surface area (Å²) in [5.41, 5.74) is 0.270. The topological polar surface area (TPSA) is 75.3 Å². The minimum atomic E-state index is -4.49. The lowest BCUT2D eigenvalue weighted by Gasteiger charge is -2.41. The van der Waals surface area contributed by atoms with Crippen LogP contribution in [-0.2, 0) is 10.9 Å². The lowest BCUT2D eigenvalue weighted by atomic mass is 9.94. The fourth-order valence-electron chi connectivity index (χ4n) is 5.31. The fraction of sp³-hybridized carbons (Fsp3) is 0.455. The van der Waals surface area contributed by atoms with Crippen LogP contribution >= 0.6 is 0 Å². The fourth-order valence-corrected chi connectivity index (χ4v) is 5.31. The molecule has 2 N–H and O–H groups in total. The number of rotatable bonds is 3. The van der Waals surface area contributed by atoms with Crippen LogP contribution in [0.3, 0.4) is 0 Å². The third-order valence-corrected chi connectivity index (χ3v) is 6.77. The van der Waals surface area contributed by atoms with Crippen LogP contribution in [0.25, 0.3) is 11.0 Å². The van der Waals surface area contributed by atoms with Gasteiger partial charge in [-0.1, -0.05) is 18.2 Å². The van der Waals surface area contributed by atoms with E-state index in [1.807, 2.05) is 24.3 Å². The monoisotopic (exact) mass is 445 g/mol. The molecule has 7 nitrogen and oxygen atoms in total. The van der Waals surface area contributed by atoms with Gasteiger partial charge in [-0.05, 0) is 25.0 Å². The van der Waals surface area contributed by atoms with Crippen molar-refractivity contribution in [3.05, 3.63) is 47.9 Å². The Hall–Kier alpha value is -2.85. The van der Waals surface area contributed by atoms with Crippen molar-refractivity contribution in [1.82, 2.24) is 19.9 Å². The van der Waals surface area contributed by atoms with Gasteiger partial charge in [-0.15, -0.1) is 0 Å². The van der Waals surface area contributed by atoms with E-state index in [9.17, 15) is 13.2 Å². The number of hydrogen-bond donors (Lipinski definition) is 2. The van der Waals surface area contributed by atoms with E-state index in [2.05, 4.69) is 25.2 Å². The second-order valence-electron chi connectivity index (χ2n) is 8.50. The molecule has 2 fully saturated rings. The van der Waals surface area contributed by atoms with Crippen LogP contribution < -0.4 is 10.1 Å². The molecule has 1 aromatic carbocycles. The zero-order chi connectivity index (χ0) is 21.9. The van der Waals surface area contributed by atoms with Gasteiger partial charge in [0.25, 0.3) is 0 Å². The first-order valence-corrected chi connectivity index (χ1v) is 10.8. The van der Waals surface area contributed by atoms with Crippen LogP contribution in [0.5, 0.6) is 5.75 Å². The number of hydrogen-bond acceptors (Lipinski definition) is 6. The third-order valence-electron chi connectivity index (χ3n) is 6.77. The quantitative estimate of drug-likeness (QED) is 0.640. The number of benzene rings is 1. The Morgan fingerprint density at radius 1 is 1.12 bits per heavy atom. The van der Waals surface area contributed by atoms with Gasteiger partial charge in [0.2, 0.25) is 0 Å². The molecule has 4 atom stereocenters. The molecule has 2 saturated heterocycles. The molecule has 5 heterocycles. The first-order valence-electron chi connectivity index (χ1n) is 10.8. The maximum atomic E-state index is 13.3. The average Bonchev–Trinajstić information content (AvgIpc) is 3.50. The van der Waals surface area contributed by atoms with Gasteiger partial charge in [0.05, 0.1) is 23.6 Å². The molecular formula is C22H22F3N5O2. The Kier molecular flexibility index (Phi) is 4.55. The molecular weight excluding hydrogens is 423 g/mol. The molecule has 0 spiro atoms. The molecule has 10 heteroatoms. The Bertz CT molecular complexity index is 1150. The van der Waals surface area contributed by atoms with Crippen molar-refractivity contribution >= 4 is 16.9 Å². The van der Waals surface area contributed by atoms with Gasteiger partial charge in [0.1, 0.15) is 35.8 Å². The number of likely N-dealkylation sites (tertiary alicyclic amines) is 1. The summed E-state index contributed by atoms with van der Waals surface area (Å²) in [6.07, 6.45) is -1.03. The number of fused-ring (bicyclic) bond motifs is 3. The molecule has 0 saturated carbocycles. The number of aromatic amines is 1. The summed E-state index contributed by atoms with van der Waals surface area (Å²) in [5.74, 6) is 1.14. The van der Waals surface area contributed by atoms with E-state index in [4.69, 9.17) is 9.47 Å². The molecule has 0 amide bonds. The first-order chi connectivity index (χ1) is 15.5. The van der Waals surface area contributed by atoms with Crippen LogP contribution in [-0.4, -0.2) is 57.8 Å². The zero-order valence-electron chi connectivity index (χ0n) is 17.1. The minimum absolute atomic E-state index is 0.00681. The van der Waals surface area contributed by atoms with Crippen LogP contribution in [0.15, 0.2) is 36.7 Å². The maximum absolute atomic E-state index is 13.3. The summed E-state index contributed by atoms with van der Waals surface area (Å²) in [4.78, 5) is 13.1. The van der Waals surface area contributed by atoms with Crippen molar-refractivity contribution in [3.63, 3.8) is 0 Å². The van der Waals surface area contributed by atoms with Crippen molar-refractivity contribution in [2.24, 2.45) is 0 Å². The SMILES string of the molecule is FC(F)(F)c1cc2c(N[C@H]3c4ccccc4OCC3N3CCC4OCCC43)ncnc2[nH]1. The minimum Gasteiger partial charge on any atom is -0.491 e. The number of nitrogens with zero attached hydrogens (tertiary/aromatic N) is 3. The molecule has 168 valence electrons. The van der Waals surface area contributed by atoms with Gasteiger partial charge in [-0.25, -0.2) is 9.97 Å². The number of alkyl halides is 3. The highest BCUT2D eigenvalue weighted by atomic mass is 19.4. The standard InChI is InChI=1S/C22H22F3N5O2/c23-22(24,25)18-9-13-20(28-18)26-11-27-21(13)29-19-12-3-1-2-4-16(12)32-10-15(19)30-7-5-17-14(30)6-8-31-17/h1-4,9,11,14-15,17,19H,5-8,10H2,(H2,26,27,28,29)/t14?,15?,17?,19-/m0/s1. The van der Waals surface area contributed by atoms with Crippen LogP contribution in [0, 0.1) is 0 Å². The molecule has 3 aromatic rings. The summed E-state index contributed by atoms with van der Waals surface area (Å²) < 4.78 is 51.8. The van der Waals surface area contributed by atoms with Gasteiger partial charge < -0.3 is 19.8 Å². The van der Waals surface area contributed by atoms with E-state index in [0.29, 0.717) is 23.9 Å². The molecule has 32 heavy (non-hydrogen) atoms. The van der Waals surface area contributed by atoms with Gasteiger partial charge in [-0.3, -0.25) is 4.90 Å². The highest BCUT2D eigenvalue weighted by molar-refractivity contribution is 5.88. The predicted molar refractivity (Wildman–Crippen MR) is 110 cm³/mol. The Balaban J connectivity index is 1.40. The second kappa shape index (κ2) is 7.35. The molecule has 3 unspecified atom stereocenters. The van der Waals surface area contributed by atoms with Crippen molar-refractivity contribution in [2.75, 3.05) is 25.1 Å². The lowest BCUT2D eigenvalue weighted by molar-refractivity contribution is -0.140. The lowest BCUT2D eigenvalue weighted by Crippen LogP contribution is -2.50.